The van der Waals surface area contributed by atoms with Crippen LogP contribution >= 0.6 is 23.2 Å². The molecule has 1 unspecified atom stereocenters. The molecule has 0 fully saturated rings. The molecule has 0 spiro atoms. The summed E-state index contributed by atoms with van der Waals surface area (Å²) in [7, 11) is 0. The number of nitrogens with zero attached hydrogens (tertiary/aromatic N) is 2. The van der Waals surface area contributed by atoms with Crippen molar-refractivity contribution in [3.63, 3.8) is 0 Å². The molecule has 0 saturated heterocycles. The summed E-state index contributed by atoms with van der Waals surface area (Å²) in [6, 6.07) is 5.88. The van der Waals surface area contributed by atoms with Gasteiger partial charge in [0.2, 0.25) is 0 Å². The van der Waals surface area contributed by atoms with Crippen LogP contribution in [0.4, 0.5) is 0 Å². The molecule has 1 aromatic heterocycles. The Morgan fingerprint density at radius 2 is 2.00 bits per heavy atom. The lowest BCUT2D eigenvalue weighted by molar-refractivity contribution is 0.589. The summed E-state index contributed by atoms with van der Waals surface area (Å²) in [5.74, 6) is 0. The van der Waals surface area contributed by atoms with E-state index in [1.807, 2.05) is 16.8 Å². The number of hydrogen-bond acceptors (Lipinski definition) is 2. The average Bonchev–Trinajstić information content (AvgIpc) is 2.68. The second-order valence-corrected chi connectivity index (χ2v) is 6.10. The van der Waals surface area contributed by atoms with Gasteiger partial charge in [0, 0.05) is 27.3 Å². The minimum Gasteiger partial charge on any atom is -0.310 e. The molecular weight excluding hydrogens is 305 g/mol. The topological polar surface area (TPSA) is 29.9 Å². The lowest BCUT2D eigenvalue weighted by Gasteiger charge is -2.13. The molecular formula is C16H21Cl2N3. The van der Waals surface area contributed by atoms with Crippen LogP contribution in [-0.4, -0.2) is 16.3 Å². The van der Waals surface area contributed by atoms with E-state index in [0.29, 0.717) is 22.6 Å². The van der Waals surface area contributed by atoms with Gasteiger partial charge in [0.1, 0.15) is 0 Å². The second kappa shape index (κ2) is 6.82. The van der Waals surface area contributed by atoms with Gasteiger partial charge in [-0.2, -0.15) is 5.10 Å². The highest BCUT2D eigenvalue weighted by molar-refractivity contribution is 6.35. The molecule has 0 bridgehead atoms. The first-order valence-corrected chi connectivity index (χ1v) is 7.90. The van der Waals surface area contributed by atoms with Crippen molar-refractivity contribution in [1.29, 1.82) is 0 Å². The van der Waals surface area contributed by atoms with E-state index in [-0.39, 0.29) is 0 Å². The molecule has 0 aliphatic rings. The second-order valence-electron chi connectivity index (χ2n) is 5.26. The largest absolute Gasteiger partial charge is 0.310 e. The Hall–Kier alpha value is -1.03. The van der Waals surface area contributed by atoms with Gasteiger partial charge in [-0.1, -0.05) is 36.2 Å². The summed E-state index contributed by atoms with van der Waals surface area (Å²) in [5.41, 5.74) is 4.52. The molecule has 2 aromatic rings. The number of nitrogens with one attached hydrogen (secondary N) is 1. The van der Waals surface area contributed by atoms with Crippen molar-refractivity contribution in [1.82, 2.24) is 15.1 Å². The third kappa shape index (κ3) is 3.60. The maximum absolute atomic E-state index is 6.25. The Morgan fingerprint density at radius 3 is 2.62 bits per heavy atom. The van der Waals surface area contributed by atoms with E-state index in [1.54, 1.807) is 6.07 Å². The van der Waals surface area contributed by atoms with Crippen molar-refractivity contribution in [2.75, 3.05) is 6.54 Å². The third-order valence-corrected chi connectivity index (χ3v) is 4.30. The standard InChI is InChI=1S/C16H21Cl2N3/c1-5-19-10(2)16-11(3)20-21(12(16)4)9-13-6-7-14(17)8-15(13)18/h6-8,10,19H,5,9H2,1-4H3. The zero-order chi connectivity index (χ0) is 15.6. The summed E-state index contributed by atoms with van der Waals surface area (Å²) in [4.78, 5) is 0. The van der Waals surface area contributed by atoms with Crippen LogP contribution in [0.25, 0.3) is 0 Å². The fourth-order valence-corrected chi connectivity index (χ4v) is 3.18. The molecule has 0 aliphatic heterocycles. The molecule has 0 radical (unpaired) electrons. The monoisotopic (exact) mass is 325 g/mol. The molecule has 3 nitrogen and oxygen atoms in total. The van der Waals surface area contributed by atoms with Gasteiger partial charge < -0.3 is 5.32 Å². The molecule has 0 aliphatic carbocycles. The summed E-state index contributed by atoms with van der Waals surface area (Å²) in [6.45, 7) is 10.0. The van der Waals surface area contributed by atoms with Crippen LogP contribution < -0.4 is 5.32 Å². The highest BCUT2D eigenvalue weighted by atomic mass is 35.5. The number of halogens is 2. The maximum Gasteiger partial charge on any atom is 0.0677 e. The quantitative estimate of drug-likeness (QED) is 0.875. The van der Waals surface area contributed by atoms with Crippen LogP contribution in [-0.2, 0) is 6.54 Å². The van der Waals surface area contributed by atoms with E-state index < -0.39 is 0 Å². The summed E-state index contributed by atoms with van der Waals surface area (Å²) in [5, 5.41) is 9.43. The van der Waals surface area contributed by atoms with E-state index in [2.05, 4.69) is 38.1 Å². The summed E-state index contributed by atoms with van der Waals surface area (Å²) < 4.78 is 2.01. The molecule has 1 aromatic carbocycles. The molecule has 1 atom stereocenters. The van der Waals surface area contributed by atoms with Crippen LogP contribution in [0.1, 0.15) is 42.4 Å². The number of rotatable bonds is 5. The van der Waals surface area contributed by atoms with Gasteiger partial charge >= 0.3 is 0 Å². The maximum atomic E-state index is 6.25. The number of benzene rings is 1. The minimum absolute atomic E-state index is 0.296. The van der Waals surface area contributed by atoms with Gasteiger partial charge in [-0.15, -0.1) is 0 Å². The Morgan fingerprint density at radius 1 is 1.29 bits per heavy atom. The smallest absolute Gasteiger partial charge is 0.0677 e. The molecule has 5 heteroatoms. The van der Waals surface area contributed by atoms with Crippen LogP contribution in [0.5, 0.6) is 0 Å². The highest BCUT2D eigenvalue weighted by Gasteiger charge is 2.17. The molecule has 2 rings (SSSR count). The van der Waals surface area contributed by atoms with E-state index in [0.717, 1.165) is 17.8 Å². The Bertz CT molecular complexity index is 635. The normalized spacial score (nSPS) is 12.7. The SMILES string of the molecule is CCNC(C)c1c(C)nn(Cc2ccc(Cl)cc2Cl)c1C. The zero-order valence-electron chi connectivity index (χ0n) is 12.9. The first kappa shape index (κ1) is 16.3. The number of hydrogen-bond donors (Lipinski definition) is 1. The summed E-state index contributed by atoms with van der Waals surface area (Å²) >= 11 is 12.2. The van der Waals surface area contributed by atoms with Gasteiger partial charge in [-0.3, -0.25) is 4.68 Å². The van der Waals surface area contributed by atoms with Crippen molar-refractivity contribution in [2.45, 2.75) is 40.3 Å². The van der Waals surface area contributed by atoms with Gasteiger partial charge in [-0.25, -0.2) is 0 Å². The zero-order valence-corrected chi connectivity index (χ0v) is 14.4. The number of aryl methyl sites for hydroxylation is 1. The van der Waals surface area contributed by atoms with E-state index >= 15 is 0 Å². The number of aromatic nitrogens is 2. The van der Waals surface area contributed by atoms with E-state index in [1.165, 1.54) is 11.3 Å². The van der Waals surface area contributed by atoms with Crippen LogP contribution in [0.15, 0.2) is 18.2 Å². The predicted octanol–water partition coefficient (Wildman–Crippen LogP) is 4.53. The van der Waals surface area contributed by atoms with E-state index in [4.69, 9.17) is 23.2 Å². The van der Waals surface area contributed by atoms with Crippen molar-refractivity contribution >= 4 is 23.2 Å². The van der Waals surface area contributed by atoms with Gasteiger partial charge in [0.25, 0.3) is 0 Å². The lowest BCUT2D eigenvalue weighted by atomic mass is 10.1. The van der Waals surface area contributed by atoms with Gasteiger partial charge in [0.05, 0.1) is 12.2 Å². The molecule has 114 valence electrons. The molecule has 21 heavy (non-hydrogen) atoms. The Labute approximate surface area is 136 Å². The first-order valence-electron chi connectivity index (χ1n) is 7.15. The molecule has 0 saturated carbocycles. The predicted molar refractivity (Wildman–Crippen MR) is 89.4 cm³/mol. The summed E-state index contributed by atoms with van der Waals surface area (Å²) in [6.07, 6.45) is 0. The van der Waals surface area contributed by atoms with Crippen molar-refractivity contribution in [3.05, 3.63) is 50.8 Å². The molecule has 0 amide bonds. The Kier molecular flexibility index (Phi) is 5.31. The first-order chi connectivity index (χ1) is 9.93. The van der Waals surface area contributed by atoms with Crippen molar-refractivity contribution < 1.29 is 0 Å². The van der Waals surface area contributed by atoms with E-state index in [9.17, 15) is 0 Å². The fourth-order valence-electron chi connectivity index (χ4n) is 2.71. The Balaban J connectivity index is 2.31. The van der Waals surface area contributed by atoms with Crippen LogP contribution in [0, 0.1) is 13.8 Å². The van der Waals surface area contributed by atoms with Crippen LogP contribution in [0.3, 0.4) is 0 Å². The molecule has 1 heterocycles. The van der Waals surface area contributed by atoms with Gasteiger partial charge in [0.15, 0.2) is 0 Å². The average molecular weight is 326 g/mol. The highest BCUT2D eigenvalue weighted by Crippen LogP contribution is 2.25. The minimum atomic E-state index is 0.296. The fraction of sp³-hybridized carbons (Fsp3) is 0.438. The van der Waals surface area contributed by atoms with Gasteiger partial charge in [-0.05, 0) is 45.0 Å². The van der Waals surface area contributed by atoms with Crippen LogP contribution in [0.2, 0.25) is 10.0 Å². The third-order valence-electron chi connectivity index (χ3n) is 3.72. The lowest BCUT2D eigenvalue weighted by Crippen LogP contribution is -2.19. The molecule has 1 N–H and O–H groups in total. The van der Waals surface area contributed by atoms with Crippen molar-refractivity contribution in [3.8, 4) is 0 Å². The van der Waals surface area contributed by atoms with Crippen molar-refractivity contribution in [2.24, 2.45) is 0 Å².